The van der Waals surface area contributed by atoms with E-state index in [9.17, 15) is 0 Å². The maximum atomic E-state index is 5.15. The zero-order valence-corrected chi connectivity index (χ0v) is 15.6. The van der Waals surface area contributed by atoms with Crippen molar-refractivity contribution in [2.75, 3.05) is 66.1 Å². The van der Waals surface area contributed by atoms with Crippen LogP contribution < -0.4 is 10.6 Å². The number of methoxy groups -OCH3 is 1. The molecule has 2 N–H and O–H groups in total. The third-order valence-electron chi connectivity index (χ3n) is 4.21. The fraction of sp³-hybridized carbons (Fsp3) is 0.941. The molecule has 1 rings (SSSR count). The molecule has 0 spiro atoms. The number of ether oxygens (including phenoxy) is 1. The van der Waals surface area contributed by atoms with Crippen molar-refractivity contribution >= 4 is 5.96 Å². The summed E-state index contributed by atoms with van der Waals surface area (Å²) in [5.74, 6) is 0.897. The van der Waals surface area contributed by atoms with Crippen molar-refractivity contribution in [3.63, 3.8) is 0 Å². The third-order valence-corrected chi connectivity index (χ3v) is 4.21. The molecule has 1 aliphatic rings. The second-order valence-electron chi connectivity index (χ2n) is 6.24. The van der Waals surface area contributed by atoms with Crippen LogP contribution in [0.5, 0.6) is 0 Å². The Morgan fingerprint density at radius 1 is 1.13 bits per heavy atom. The van der Waals surface area contributed by atoms with Gasteiger partial charge in [0.05, 0.1) is 6.61 Å². The average Bonchev–Trinajstić information content (AvgIpc) is 2.55. The minimum absolute atomic E-state index is 0.271. The van der Waals surface area contributed by atoms with Gasteiger partial charge in [0.1, 0.15) is 0 Å². The number of nitrogens with zero attached hydrogens (tertiary/aromatic N) is 3. The summed E-state index contributed by atoms with van der Waals surface area (Å²) >= 11 is 0. The van der Waals surface area contributed by atoms with E-state index in [1.54, 1.807) is 7.11 Å². The van der Waals surface area contributed by atoms with Crippen molar-refractivity contribution < 1.29 is 4.74 Å². The van der Waals surface area contributed by atoms with Gasteiger partial charge in [0.15, 0.2) is 5.96 Å². The van der Waals surface area contributed by atoms with Gasteiger partial charge in [0.2, 0.25) is 0 Å². The monoisotopic (exact) mass is 327 g/mol. The predicted molar refractivity (Wildman–Crippen MR) is 98.2 cm³/mol. The molecular weight excluding hydrogens is 290 g/mol. The quantitative estimate of drug-likeness (QED) is 0.356. The van der Waals surface area contributed by atoms with E-state index in [4.69, 9.17) is 4.74 Å². The van der Waals surface area contributed by atoms with Crippen molar-refractivity contribution in [1.82, 2.24) is 20.4 Å². The molecule has 0 saturated carbocycles. The maximum absolute atomic E-state index is 5.15. The zero-order valence-electron chi connectivity index (χ0n) is 15.6. The molecule has 1 unspecified atom stereocenters. The molecule has 136 valence electrons. The summed E-state index contributed by atoms with van der Waals surface area (Å²) in [4.78, 5) is 9.76. The van der Waals surface area contributed by atoms with E-state index in [1.165, 1.54) is 45.7 Å². The summed E-state index contributed by atoms with van der Waals surface area (Å²) in [6.07, 6.45) is 2.37. The van der Waals surface area contributed by atoms with E-state index in [-0.39, 0.29) is 6.04 Å². The normalized spacial score (nSPS) is 18.9. The van der Waals surface area contributed by atoms with Crippen LogP contribution in [0.4, 0.5) is 0 Å². The van der Waals surface area contributed by atoms with E-state index in [0.29, 0.717) is 6.61 Å². The predicted octanol–water partition coefficient (Wildman–Crippen LogP) is 0.994. The number of aliphatic imine (C=N–C) groups is 1. The van der Waals surface area contributed by atoms with Gasteiger partial charge in [-0.3, -0.25) is 4.99 Å². The Bertz CT molecular complexity index is 316. The number of piperazine rings is 1. The second kappa shape index (κ2) is 12.6. The van der Waals surface area contributed by atoms with E-state index in [0.717, 1.165) is 25.5 Å². The van der Waals surface area contributed by atoms with E-state index in [2.05, 4.69) is 46.2 Å². The molecule has 0 aromatic carbocycles. The highest BCUT2D eigenvalue weighted by Gasteiger charge is 2.14. The van der Waals surface area contributed by atoms with Crippen molar-refractivity contribution in [3.05, 3.63) is 0 Å². The van der Waals surface area contributed by atoms with Gasteiger partial charge < -0.3 is 25.2 Å². The summed E-state index contributed by atoms with van der Waals surface area (Å²) in [5.41, 5.74) is 0. The fourth-order valence-corrected chi connectivity index (χ4v) is 2.81. The standard InChI is InChI=1S/C17H37N5O/c1-5-18-17(20-16(3)15-23-4)19-9-7-8-10-22-13-11-21(6-2)12-14-22/h16H,5-15H2,1-4H3,(H2,18,19,20). The van der Waals surface area contributed by atoms with Crippen molar-refractivity contribution in [3.8, 4) is 0 Å². The Balaban J connectivity index is 2.17. The SMILES string of the molecule is CCNC(=NCCCCN1CCN(CC)CC1)NC(C)COC. The zero-order chi connectivity index (χ0) is 16.9. The highest BCUT2D eigenvalue weighted by Crippen LogP contribution is 2.03. The van der Waals surface area contributed by atoms with E-state index >= 15 is 0 Å². The topological polar surface area (TPSA) is 52.1 Å². The number of guanidine groups is 1. The van der Waals surface area contributed by atoms with Crippen LogP contribution in [0, 0.1) is 0 Å². The average molecular weight is 328 g/mol. The third kappa shape index (κ3) is 9.13. The highest BCUT2D eigenvalue weighted by molar-refractivity contribution is 5.80. The summed E-state index contributed by atoms with van der Waals surface area (Å²) in [7, 11) is 1.72. The Labute approximate surface area is 142 Å². The molecule has 1 aliphatic heterocycles. The lowest BCUT2D eigenvalue weighted by Gasteiger charge is -2.33. The van der Waals surface area contributed by atoms with Crippen LogP contribution in [0.2, 0.25) is 0 Å². The Morgan fingerprint density at radius 2 is 1.83 bits per heavy atom. The Kier molecular flexibility index (Phi) is 11.0. The minimum atomic E-state index is 0.271. The van der Waals surface area contributed by atoms with Crippen LogP contribution in [0.15, 0.2) is 4.99 Å². The van der Waals surface area contributed by atoms with Gasteiger partial charge in [0.25, 0.3) is 0 Å². The van der Waals surface area contributed by atoms with Crippen molar-refractivity contribution in [2.24, 2.45) is 4.99 Å². The van der Waals surface area contributed by atoms with Crippen LogP contribution in [0.1, 0.15) is 33.6 Å². The van der Waals surface area contributed by atoms with Crippen LogP contribution in [0.3, 0.4) is 0 Å². The molecule has 0 radical (unpaired) electrons. The van der Waals surface area contributed by atoms with Crippen LogP contribution >= 0.6 is 0 Å². The first-order valence-corrected chi connectivity index (χ1v) is 9.18. The Hall–Kier alpha value is -0.850. The van der Waals surface area contributed by atoms with E-state index < -0.39 is 0 Å². The summed E-state index contributed by atoms with van der Waals surface area (Å²) in [6.45, 7) is 16.2. The highest BCUT2D eigenvalue weighted by atomic mass is 16.5. The van der Waals surface area contributed by atoms with Crippen molar-refractivity contribution in [1.29, 1.82) is 0 Å². The lowest BCUT2D eigenvalue weighted by molar-refractivity contribution is 0.136. The van der Waals surface area contributed by atoms with Gasteiger partial charge in [-0.15, -0.1) is 0 Å². The number of likely N-dealkylation sites (N-methyl/N-ethyl adjacent to an activating group) is 1. The van der Waals surface area contributed by atoms with Gasteiger partial charge in [-0.2, -0.15) is 0 Å². The summed E-state index contributed by atoms with van der Waals surface area (Å²) in [6, 6.07) is 0.271. The largest absolute Gasteiger partial charge is 0.383 e. The summed E-state index contributed by atoms with van der Waals surface area (Å²) < 4.78 is 5.15. The lowest BCUT2D eigenvalue weighted by Crippen LogP contribution is -2.46. The Morgan fingerprint density at radius 3 is 2.43 bits per heavy atom. The second-order valence-corrected chi connectivity index (χ2v) is 6.24. The number of rotatable bonds is 10. The molecule has 23 heavy (non-hydrogen) atoms. The van der Waals surface area contributed by atoms with Gasteiger partial charge in [-0.05, 0) is 39.8 Å². The first kappa shape index (κ1) is 20.2. The molecular formula is C17H37N5O. The summed E-state index contributed by atoms with van der Waals surface area (Å²) in [5, 5.41) is 6.66. The molecule has 0 aromatic heterocycles. The molecule has 0 aliphatic carbocycles. The first-order chi connectivity index (χ1) is 11.2. The fourth-order valence-electron chi connectivity index (χ4n) is 2.81. The van der Waals surface area contributed by atoms with Crippen LogP contribution in [-0.4, -0.2) is 87.9 Å². The molecule has 0 amide bonds. The lowest BCUT2D eigenvalue weighted by atomic mass is 10.2. The smallest absolute Gasteiger partial charge is 0.191 e. The molecule has 0 bridgehead atoms. The van der Waals surface area contributed by atoms with E-state index in [1.807, 2.05) is 0 Å². The number of hydrogen-bond donors (Lipinski definition) is 2. The molecule has 6 nitrogen and oxygen atoms in total. The molecule has 1 atom stereocenters. The maximum Gasteiger partial charge on any atom is 0.191 e. The minimum Gasteiger partial charge on any atom is -0.383 e. The van der Waals surface area contributed by atoms with Crippen molar-refractivity contribution in [2.45, 2.75) is 39.7 Å². The van der Waals surface area contributed by atoms with Gasteiger partial charge >= 0.3 is 0 Å². The van der Waals surface area contributed by atoms with Gasteiger partial charge in [-0.1, -0.05) is 6.92 Å². The molecule has 1 saturated heterocycles. The van der Waals surface area contributed by atoms with Gasteiger partial charge in [-0.25, -0.2) is 0 Å². The molecule has 6 heteroatoms. The molecule has 1 fully saturated rings. The van der Waals surface area contributed by atoms with Crippen LogP contribution in [-0.2, 0) is 4.74 Å². The molecule has 1 heterocycles. The first-order valence-electron chi connectivity index (χ1n) is 9.18. The number of hydrogen-bond acceptors (Lipinski definition) is 4. The number of nitrogens with one attached hydrogen (secondary N) is 2. The van der Waals surface area contributed by atoms with Gasteiger partial charge in [0, 0.05) is 52.4 Å². The molecule has 0 aromatic rings. The number of unbranched alkanes of at least 4 members (excludes halogenated alkanes) is 1. The van der Waals surface area contributed by atoms with Crippen LogP contribution in [0.25, 0.3) is 0 Å².